The molecule has 5 heteroatoms. The molecule has 0 aromatic heterocycles. The van der Waals surface area contributed by atoms with E-state index in [4.69, 9.17) is 7.72 Å². The Morgan fingerprint density at radius 3 is 2.55 bits per heavy atom. The minimum atomic E-state index is -2.50. The second-order valence-electron chi connectivity index (χ2n) is 8.08. The molecule has 29 heavy (non-hydrogen) atoms. The zero-order valence-electron chi connectivity index (χ0n) is 18.1. The predicted octanol–water partition coefficient (Wildman–Crippen LogP) is 4.24. The number of amides is 1. The topological polar surface area (TPSA) is 41.9 Å². The van der Waals surface area contributed by atoms with Crippen molar-refractivity contribution in [3.63, 3.8) is 0 Å². The SMILES string of the molecule is CCO[C@H](C[C@@H]1[C@H](C)C(C)=[N][In]1[c]1cccc(C(=O)N(C)C)c1)c1ccccc1. The van der Waals surface area contributed by atoms with Crippen LogP contribution in [0.25, 0.3) is 0 Å². The van der Waals surface area contributed by atoms with Gasteiger partial charge in [0.1, 0.15) is 0 Å². The molecule has 0 bridgehead atoms. The van der Waals surface area contributed by atoms with E-state index in [-0.39, 0.29) is 12.0 Å². The third kappa shape index (κ3) is 5.13. The van der Waals surface area contributed by atoms with Crippen molar-refractivity contribution in [1.29, 1.82) is 0 Å². The van der Waals surface area contributed by atoms with E-state index in [1.807, 2.05) is 18.2 Å². The summed E-state index contributed by atoms with van der Waals surface area (Å²) >= 11 is -2.50. The van der Waals surface area contributed by atoms with Gasteiger partial charge in [0.2, 0.25) is 0 Å². The molecule has 2 aromatic rings. The quantitative estimate of drug-likeness (QED) is 0.578. The molecule has 0 fully saturated rings. The van der Waals surface area contributed by atoms with Crippen LogP contribution in [0.15, 0.2) is 57.6 Å². The second-order valence-corrected chi connectivity index (χ2v) is 15.7. The number of rotatable bonds is 7. The van der Waals surface area contributed by atoms with Crippen LogP contribution in [-0.4, -0.2) is 58.9 Å². The molecule has 4 nitrogen and oxygen atoms in total. The first-order valence-corrected chi connectivity index (χ1v) is 15.5. The van der Waals surface area contributed by atoms with Crippen LogP contribution in [0, 0.1) is 5.92 Å². The van der Waals surface area contributed by atoms with E-state index < -0.39 is 21.7 Å². The summed E-state index contributed by atoms with van der Waals surface area (Å²) < 4.78 is 13.2. The first-order valence-electron chi connectivity index (χ1n) is 10.4. The molecule has 3 rings (SSSR count). The Morgan fingerprint density at radius 2 is 1.90 bits per heavy atom. The molecule has 0 radical (unpaired) electrons. The third-order valence-corrected chi connectivity index (χ3v) is 15.6. The van der Waals surface area contributed by atoms with Crippen LogP contribution in [0.5, 0.6) is 0 Å². The number of ether oxygens (including phenoxy) is 1. The van der Waals surface area contributed by atoms with Gasteiger partial charge in [-0.25, -0.2) is 0 Å². The molecule has 1 aliphatic heterocycles. The fraction of sp³-hybridized carbons (Fsp3) is 0.417. The Kier molecular flexibility index (Phi) is 7.58. The van der Waals surface area contributed by atoms with Gasteiger partial charge in [0.25, 0.3) is 0 Å². The van der Waals surface area contributed by atoms with Gasteiger partial charge in [-0.05, 0) is 0 Å². The van der Waals surface area contributed by atoms with Gasteiger partial charge in [0.05, 0.1) is 0 Å². The summed E-state index contributed by atoms with van der Waals surface area (Å²) in [6.07, 6.45) is 1.09. The van der Waals surface area contributed by atoms with Gasteiger partial charge in [0.15, 0.2) is 0 Å². The van der Waals surface area contributed by atoms with Gasteiger partial charge in [-0.2, -0.15) is 0 Å². The van der Waals surface area contributed by atoms with Crippen molar-refractivity contribution in [3.05, 3.63) is 65.7 Å². The molecule has 1 aliphatic rings. The summed E-state index contributed by atoms with van der Waals surface area (Å²) in [5, 5.41) is 0. The van der Waals surface area contributed by atoms with Crippen LogP contribution in [0.2, 0.25) is 3.67 Å². The Morgan fingerprint density at radius 1 is 1.17 bits per heavy atom. The fourth-order valence-electron chi connectivity index (χ4n) is 4.20. The summed E-state index contributed by atoms with van der Waals surface area (Å²) in [6, 6.07) is 18.8. The summed E-state index contributed by atoms with van der Waals surface area (Å²) in [7, 11) is 3.60. The zero-order chi connectivity index (χ0) is 21.0. The van der Waals surface area contributed by atoms with Crippen LogP contribution in [0.3, 0.4) is 0 Å². The van der Waals surface area contributed by atoms with Crippen LogP contribution < -0.4 is 3.32 Å². The maximum absolute atomic E-state index is 12.5. The molecule has 3 atom stereocenters. The molecule has 0 N–H and O–H groups in total. The Labute approximate surface area is 182 Å². The van der Waals surface area contributed by atoms with Gasteiger partial charge >= 0.3 is 183 Å². The number of hydrogen-bond donors (Lipinski definition) is 0. The molecule has 1 amide bonds. The van der Waals surface area contributed by atoms with Crippen molar-refractivity contribution in [2.24, 2.45) is 8.90 Å². The van der Waals surface area contributed by atoms with Gasteiger partial charge < -0.3 is 0 Å². The van der Waals surface area contributed by atoms with Crippen molar-refractivity contribution in [2.75, 3.05) is 20.7 Å². The maximum atomic E-state index is 12.5. The Hall–Kier alpha value is -1.59. The summed E-state index contributed by atoms with van der Waals surface area (Å²) in [5.41, 5.74) is 3.27. The summed E-state index contributed by atoms with van der Waals surface area (Å²) in [6.45, 7) is 7.24. The van der Waals surface area contributed by atoms with Crippen molar-refractivity contribution in [2.45, 2.75) is 37.0 Å². The van der Waals surface area contributed by atoms with Crippen LogP contribution in [0.1, 0.15) is 49.2 Å². The van der Waals surface area contributed by atoms with Gasteiger partial charge in [-0.1, -0.05) is 0 Å². The second kappa shape index (κ2) is 9.94. The standard InChI is InChI=1S/C15H21NO.C9H10NO.In/c1-4-17-15(11-10-12(2)13(3)16)14-8-6-5-7-9-14;1-10(2)9(11)8-6-4-3-5-7-8;/h5-10,12,15H,4,11H2,1-3H3;3-4,6-7H,1-2H3;/q-1;;+1/t12-,15+;;/m0../s1. The Balaban J connectivity index is 1.90. The zero-order valence-corrected chi connectivity index (χ0v) is 21.4. The molecule has 0 spiro atoms. The van der Waals surface area contributed by atoms with Crippen LogP contribution >= 0.6 is 0 Å². The van der Waals surface area contributed by atoms with Crippen LogP contribution in [-0.2, 0) is 4.74 Å². The number of hydrogen-bond acceptors (Lipinski definition) is 3. The van der Waals surface area contributed by atoms with Crippen LogP contribution in [0.4, 0.5) is 0 Å². The Bertz CT molecular complexity index is 866. The van der Waals surface area contributed by atoms with Crippen molar-refractivity contribution in [1.82, 2.24) is 4.90 Å². The van der Waals surface area contributed by atoms with Crippen molar-refractivity contribution in [3.8, 4) is 0 Å². The first kappa shape index (κ1) is 22.1. The third-order valence-electron chi connectivity index (χ3n) is 5.96. The van der Waals surface area contributed by atoms with Crippen molar-refractivity contribution >= 4 is 36.7 Å². The number of carbonyl (C=O) groups is 1. The van der Waals surface area contributed by atoms with E-state index in [9.17, 15) is 4.79 Å². The monoisotopic (exact) mass is 494 g/mol. The molecule has 0 saturated heterocycles. The van der Waals surface area contributed by atoms with E-state index >= 15 is 0 Å². The van der Waals surface area contributed by atoms with Gasteiger partial charge in [-0.3, -0.25) is 0 Å². The fourth-order valence-corrected chi connectivity index (χ4v) is 14.2. The molecule has 1 heterocycles. The molecule has 0 aliphatic carbocycles. The molecular formula is C24H31InN2O2. The number of carbonyl (C=O) groups excluding carboxylic acids is 1. The van der Waals surface area contributed by atoms with E-state index in [1.165, 1.54) is 14.6 Å². The predicted molar refractivity (Wildman–Crippen MR) is 121 cm³/mol. The summed E-state index contributed by atoms with van der Waals surface area (Å²) in [5.74, 6) is 0.522. The molecular weight excluding hydrogens is 463 g/mol. The van der Waals surface area contributed by atoms with Gasteiger partial charge in [-0.15, -0.1) is 0 Å². The average Bonchev–Trinajstić information content (AvgIpc) is 3.02. The normalized spacial score (nSPS) is 19.8. The van der Waals surface area contributed by atoms with E-state index in [2.05, 4.69) is 57.2 Å². The average molecular weight is 494 g/mol. The number of nitrogens with zero attached hydrogens (tertiary/aromatic N) is 2. The molecule has 152 valence electrons. The first-order chi connectivity index (χ1) is 13.9. The molecule has 0 unspecified atom stereocenters. The molecule has 2 aromatic carbocycles. The van der Waals surface area contributed by atoms with E-state index in [0.29, 0.717) is 16.2 Å². The van der Waals surface area contributed by atoms with E-state index in [1.54, 1.807) is 19.0 Å². The number of benzene rings is 2. The summed E-state index contributed by atoms with van der Waals surface area (Å²) in [4.78, 5) is 14.1. The van der Waals surface area contributed by atoms with Crippen molar-refractivity contribution < 1.29 is 9.53 Å². The van der Waals surface area contributed by atoms with E-state index in [0.717, 1.165) is 12.0 Å². The minimum absolute atomic E-state index is 0.0536. The molecule has 0 saturated carbocycles. The van der Waals surface area contributed by atoms with Gasteiger partial charge in [0, 0.05) is 0 Å².